The fraction of sp³-hybridized carbons (Fsp3) is 0.346. The van der Waals surface area contributed by atoms with Crippen LogP contribution in [0, 0.1) is 13.8 Å². The van der Waals surface area contributed by atoms with Crippen molar-refractivity contribution in [3.05, 3.63) is 64.8 Å². The van der Waals surface area contributed by atoms with E-state index in [2.05, 4.69) is 10.6 Å². The molecule has 0 aliphatic rings. The SMILES string of the molecule is CCCC(=O)NCCNC(=O)Cc1c(C)n(C(=O)c2ccc(C)cc2)c2ccc(OC)cc12. The lowest BCUT2D eigenvalue weighted by atomic mass is 10.1. The standard InChI is InChI=1S/C26H31N3O4/c1-5-6-24(30)27-13-14-28-25(31)16-21-18(3)29(23-12-11-20(33-4)15-22(21)23)26(32)19-9-7-17(2)8-10-19/h7-12,15H,5-6,13-14,16H2,1-4H3,(H,27,30)(H,28,31). The Kier molecular flexibility index (Phi) is 7.87. The summed E-state index contributed by atoms with van der Waals surface area (Å²) in [6.45, 7) is 6.50. The molecule has 0 radical (unpaired) electrons. The van der Waals surface area contributed by atoms with E-state index in [-0.39, 0.29) is 24.1 Å². The van der Waals surface area contributed by atoms with Gasteiger partial charge in [0.25, 0.3) is 5.91 Å². The Morgan fingerprint density at radius 3 is 2.24 bits per heavy atom. The van der Waals surface area contributed by atoms with E-state index in [0.29, 0.717) is 30.8 Å². The monoisotopic (exact) mass is 449 g/mol. The Morgan fingerprint density at radius 2 is 1.61 bits per heavy atom. The Balaban J connectivity index is 1.86. The molecule has 3 aromatic rings. The van der Waals surface area contributed by atoms with Gasteiger partial charge in [0, 0.05) is 36.2 Å². The zero-order chi connectivity index (χ0) is 24.0. The smallest absolute Gasteiger partial charge is 0.262 e. The summed E-state index contributed by atoms with van der Waals surface area (Å²) >= 11 is 0. The molecule has 0 atom stereocenters. The molecule has 0 saturated heterocycles. The van der Waals surface area contributed by atoms with E-state index in [1.165, 1.54) is 0 Å². The van der Waals surface area contributed by atoms with E-state index in [1.807, 2.05) is 63.2 Å². The summed E-state index contributed by atoms with van der Waals surface area (Å²) in [7, 11) is 1.59. The summed E-state index contributed by atoms with van der Waals surface area (Å²) in [4.78, 5) is 37.6. The molecule has 2 N–H and O–H groups in total. The quantitative estimate of drug-likeness (QED) is 0.489. The molecule has 1 heterocycles. The number of aromatic nitrogens is 1. The third-order valence-corrected chi connectivity index (χ3v) is 5.63. The number of benzene rings is 2. The third-order valence-electron chi connectivity index (χ3n) is 5.63. The second kappa shape index (κ2) is 10.8. The molecule has 0 aliphatic carbocycles. The number of ether oxygens (including phenoxy) is 1. The number of methoxy groups -OCH3 is 1. The highest BCUT2D eigenvalue weighted by Gasteiger charge is 2.22. The molecule has 3 rings (SSSR count). The fourth-order valence-corrected chi connectivity index (χ4v) is 3.84. The van der Waals surface area contributed by atoms with Gasteiger partial charge in [0.15, 0.2) is 0 Å². The number of fused-ring (bicyclic) bond motifs is 1. The highest BCUT2D eigenvalue weighted by atomic mass is 16.5. The Morgan fingerprint density at radius 1 is 0.939 bits per heavy atom. The molecule has 7 nitrogen and oxygen atoms in total. The van der Waals surface area contributed by atoms with E-state index in [0.717, 1.165) is 34.1 Å². The summed E-state index contributed by atoms with van der Waals surface area (Å²) in [5.74, 6) is 0.315. The van der Waals surface area contributed by atoms with Gasteiger partial charge in [-0.05, 0) is 56.2 Å². The van der Waals surface area contributed by atoms with Crippen molar-refractivity contribution in [2.75, 3.05) is 20.2 Å². The maximum Gasteiger partial charge on any atom is 0.262 e. The lowest BCUT2D eigenvalue weighted by Gasteiger charge is -2.09. The first-order valence-electron chi connectivity index (χ1n) is 11.2. The van der Waals surface area contributed by atoms with E-state index in [4.69, 9.17) is 4.74 Å². The van der Waals surface area contributed by atoms with Crippen molar-refractivity contribution >= 4 is 28.6 Å². The first kappa shape index (κ1) is 24.0. The van der Waals surface area contributed by atoms with Crippen molar-refractivity contribution in [3.63, 3.8) is 0 Å². The molecule has 0 fully saturated rings. The lowest BCUT2D eigenvalue weighted by molar-refractivity contribution is -0.122. The summed E-state index contributed by atoms with van der Waals surface area (Å²) in [5.41, 5.74) is 3.88. The van der Waals surface area contributed by atoms with Crippen LogP contribution in [0.4, 0.5) is 0 Å². The van der Waals surface area contributed by atoms with E-state index >= 15 is 0 Å². The van der Waals surface area contributed by atoms with Crippen molar-refractivity contribution in [3.8, 4) is 5.75 Å². The Hall–Kier alpha value is -3.61. The number of hydrogen-bond acceptors (Lipinski definition) is 4. The van der Waals surface area contributed by atoms with Gasteiger partial charge in [0.2, 0.25) is 11.8 Å². The minimum Gasteiger partial charge on any atom is -0.497 e. The Bertz CT molecular complexity index is 1160. The summed E-state index contributed by atoms with van der Waals surface area (Å²) in [6.07, 6.45) is 1.38. The molecule has 2 amide bonds. The fourth-order valence-electron chi connectivity index (χ4n) is 3.84. The zero-order valence-corrected chi connectivity index (χ0v) is 19.7. The Labute approximate surface area is 194 Å². The largest absolute Gasteiger partial charge is 0.497 e. The number of amides is 2. The van der Waals surface area contributed by atoms with Crippen molar-refractivity contribution in [2.45, 2.75) is 40.0 Å². The van der Waals surface area contributed by atoms with Gasteiger partial charge < -0.3 is 15.4 Å². The number of nitrogens with one attached hydrogen (secondary N) is 2. The number of rotatable bonds is 9. The van der Waals surface area contributed by atoms with Gasteiger partial charge in [-0.25, -0.2) is 0 Å². The van der Waals surface area contributed by atoms with Gasteiger partial charge >= 0.3 is 0 Å². The molecule has 33 heavy (non-hydrogen) atoms. The number of hydrogen-bond donors (Lipinski definition) is 2. The van der Waals surface area contributed by atoms with Crippen LogP contribution in [-0.2, 0) is 16.0 Å². The molecule has 0 spiro atoms. The van der Waals surface area contributed by atoms with E-state index < -0.39 is 0 Å². The van der Waals surface area contributed by atoms with Crippen LogP contribution in [0.2, 0.25) is 0 Å². The van der Waals surface area contributed by atoms with Crippen molar-refractivity contribution < 1.29 is 19.1 Å². The average Bonchev–Trinajstić information content (AvgIpc) is 3.07. The van der Waals surface area contributed by atoms with Gasteiger partial charge in [0.1, 0.15) is 5.75 Å². The molecule has 7 heteroatoms. The van der Waals surface area contributed by atoms with Crippen molar-refractivity contribution in [1.82, 2.24) is 15.2 Å². The van der Waals surface area contributed by atoms with Gasteiger partial charge in [-0.3, -0.25) is 19.0 Å². The first-order valence-corrected chi connectivity index (χ1v) is 11.2. The minimum absolute atomic E-state index is 0.0209. The van der Waals surface area contributed by atoms with Crippen LogP contribution in [0.5, 0.6) is 5.75 Å². The van der Waals surface area contributed by atoms with Crippen LogP contribution in [0.1, 0.15) is 46.9 Å². The normalized spacial score (nSPS) is 10.8. The predicted molar refractivity (Wildman–Crippen MR) is 129 cm³/mol. The molecular formula is C26H31N3O4. The lowest BCUT2D eigenvalue weighted by Crippen LogP contribution is -2.35. The highest BCUT2D eigenvalue weighted by Crippen LogP contribution is 2.30. The molecule has 0 unspecified atom stereocenters. The van der Waals surface area contributed by atoms with E-state index in [9.17, 15) is 14.4 Å². The van der Waals surface area contributed by atoms with Crippen molar-refractivity contribution in [2.24, 2.45) is 0 Å². The molecule has 1 aromatic heterocycles. The van der Waals surface area contributed by atoms with Crippen molar-refractivity contribution in [1.29, 1.82) is 0 Å². The highest BCUT2D eigenvalue weighted by molar-refractivity contribution is 6.05. The second-order valence-corrected chi connectivity index (χ2v) is 8.08. The van der Waals surface area contributed by atoms with Gasteiger partial charge in [-0.15, -0.1) is 0 Å². The molecular weight excluding hydrogens is 418 g/mol. The number of aryl methyl sites for hydroxylation is 1. The summed E-state index contributed by atoms with van der Waals surface area (Å²) < 4.78 is 7.04. The minimum atomic E-state index is -0.174. The van der Waals surface area contributed by atoms with Gasteiger partial charge in [0.05, 0.1) is 19.0 Å². The number of nitrogens with zero attached hydrogens (tertiary/aromatic N) is 1. The first-order chi connectivity index (χ1) is 15.8. The average molecular weight is 450 g/mol. The van der Waals surface area contributed by atoms with E-state index in [1.54, 1.807) is 11.7 Å². The molecule has 174 valence electrons. The van der Waals surface area contributed by atoms with Crippen LogP contribution < -0.4 is 15.4 Å². The second-order valence-electron chi connectivity index (χ2n) is 8.08. The molecule has 0 bridgehead atoms. The van der Waals surface area contributed by atoms with Gasteiger partial charge in [-0.2, -0.15) is 0 Å². The van der Waals surface area contributed by atoms with Crippen LogP contribution in [0.3, 0.4) is 0 Å². The van der Waals surface area contributed by atoms with Crippen LogP contribution in [-0.4, -0.2) is 42.5 Å². The summed E-state index contributed by atoms with van der Waals surface area (Å²) in [6, 6.07) is 12.9. The zero-order valence-electron chi connectivity index (χ0n) is 19.7. The predicted octanol–water partition coefficient (Wildman–Crippen LogP) is 3.53. The number of carbonyl (C=O) groups excluding carboxylic acids is 3. The topological polar surface area (TPSA) is 89.4 Å². The van der Waals surface area contributed by atoms with Gasteiger partial charge in [-0.1, -0.05) is 24.6 Å². The molecule has 2 aromatic carbocycles. The maximum absolute atomic E-state index is 13.4. The van der Waals surface area contributed by atoms with Crippen LogP contribution >= 0.6 is 0 Å². The van der Waals surface area contributed by atoms with Crippen LogP contribution in [0.25, 0.3) is 10.9 Å². The summed E-state index contributed by atoms with van der Waals surface area (Å²) in [5, 5.41) is 6.43. The number of carbonyl (C=O) groups is 3. The third kappa shape index (κ3) is 5.61. The molecule has 0 saturated carbocycles. The molecule has 0 aliphatic heterocycles. The van der Waals surface area contributed by atoms with Crippen LogP contribution in [0.15, 0.2) is 42.5 Å². The maximum atomic E-state index is 13.4.